The Hall–Kier alpha value is -2.76. The van der Waals surface area contributed by atoms with Gasteiger partial charge in [0.25, 0.3) is 0 Å². The maximum atomic E-state index is 4.32. The van der Waals surface area contributed by atoms with E-state index in [-0.39, 0.29) is 0 Å². The Kier molecular flexibility index (Phi) is 3.59. The second kappa shape index (κ2) is 5.70. The fourth-order valence-corrected chi connectivity index (χ4v) is 2.03. The van der Waals surface area contributed by atoms with Gasteiger partial charge in [0.1, 0.15) is 0 Å². The molecule has 6 nitrogen and oxygen atoms in total. The van der Waals surface area contributed by atoms with Crippen LogP contribution in [0.3, 0.4) is 0 Å². The molecule has 0 bridgehead atoms. The van der Waals surface area contributed by atoms with Crippen molar-refractivity contribution in [3.63, 3.8) is 0 Å². The Balaban J connectivity index is 1.74. The molecule has 0 spiro atoms. The van der Waals surface area contributed by atoms with Crippen LogP contribution >= 0.6 is 0 Å². The van der Waals surface area contributed by atoms with Gasteiger partial charge >= 0.3 is 0 Å². The molecule has 0 radical (unpaired) electrons. The van der Waals surface area contributed by atoms with E-state index in [1.165, 1.54) is 5.56 Å². The summed E-state index contributed by atoms with van der Waals surface area (Å²) in [7, 11) is 1.99. The van der Waals surface area contributed by atoms with Crippen LogP contribution in [0.15, 0.2) is 48.9 Å². The molecule has 0 aliphatic carbocycles. The summed E-state index contributed by atoms with van der Waals surface area (Å²) < 4.78 is 1.72. The minimum absolute atomic E-state index is 0.712. The number of aromatic nitrogens is 5. The van der Waals surface area contributed by atoms with Crippen LogP contribution in [0, 0.1) is 6.92 Å². The van der Waals surface area contributed by atoms with Crippen molar-refractivity contribution in [1.82, 2.24) is 25.0 Å². The lowest BCUT2D eigenvalue weighted by atomic mass is 10.2. The third-order valence-electron chi connectivity index (χ3n) is 3.15. The second-order valence-electron chi connectivity index (χ2n) is 4.86. The SMILES string of the molecule is Cc1ccn(-c2ccc(N(C)Cc3ccncc3)nn2)n1. The summed E-state index contributed by atoms with van der Waals surface area (Å²) in [6.45, 7) is 2.71. The quantitative estimate of drug-likeness (QED) is 0.731. The van der Waals surface area contributed by atoms with Gasteiger partial charge in [-0.25, -0.2) is 4.68 Å². The van der Waals surface area contributed by atoms with E-state index in [4.69, 9.17) is 0 Å². The topological polar surface area (TPSA) is 59.7 Å². The number of aryl methyl sites for hydroxylation is 1. The first-order valence-corrected chi connectivity index (χ1v) is 6.69. The normalized spacial score (nSPS) is 10.6. The van der Waals surface area contributed by atoms with E-state index in [9.17, 15) is 0 Å². The number of anilines is 1. The molecule has 0 N–H and O–H groups in total. The van der Waals surface area contributed by atoms with E-state index >= 15 is 0 Å². The van der Waals surface area contributed by atoms with Gasteiger partial charge in [0.15, 0.2) is 11.6 Å². The van der Waals surface area contributed by atoms with Crippen molar-refractivity contribution in [1.29, 1.82) is 0 Å². The fraction of sp³-hybridized carbons (Fsp3) is 0.200. The Labute approximate surface area is 123 Å². The molecule has 3 heterocycles. The van der Waals surface area contributed by atoms with Gasteiger partial charge in [-0.1, -0.05) is 0 Å². The van der Waals surface area contributed by atoms with Crippen molar-refractivity contribution in [3.8, 4) is 5.82 Å². The first-order chi connectivity index (χ1) is 10.2. The number of pyridine rings is 1. The van der Waals surface area contributed by atoms with Crippen molar-refractivity contribution < 1.29 is 0 Å². The van der Waals surface area contributed by atoms with Crippen LogP contribution < -0.4 is 4.90 Å². The lowest BCUT2D eigenvalue weighted by molar-refractivity contribution is 0.789. The van der Waals surface area contributed by atoms with Gasteiger partial charge in [-0.05, 0) is 42.8 Å². The van der Waals surface area contributed by atoms with E-state index in [0.29, 0.717) is 5.82 Å². The monoisotopic (exact) mass is 280 g/mol. The average Bonchev–Trinajstić information content (AvgIpc) is 2.95. The predicted octanol–water partition coefficient (Wildman–Crippen LogP) is 2.00. The number of nitrogens with zero attached hydrogens (tertiary/aromatic N) is 6. The van der Waals surface area contributed by atoms with Crippen LogP contribution in [0.5, 0.6) is 0 Å². The number of hydrogen-bond acceptors (Lipinski definition) is 5. The highest BCUT2D eigenvalue weighted by atomic mass is 15.4. The van der Waals surface area contributed by atoms with Crippen LogP contribution in [0.4, 0.5) is 5.82 Å². The Morgan fingerprint density at radius 1 is 1.05 bits per heavy atom. The lowest BCUT2D eigenvalue weighted by Crippen LogP contribution is -2.18. The zero-order chi connectivity index (χ0) is 14.7. The molecule has 0 aliphatic rings. The summed E-state index contributed by atoms with van der Waals surface area (Å²) in [6.07, 6.45) is 5.45. The highest BCUT2D eigenvalue weighted by Crippen LogP contribution is 2.12. The summed E-state index contributed by atoms with van der Waals surface area (Å²) in [6, 6.07) is 9.78. The van der Waals surface area contributed by atoms with Crippen molar-refractivity contribution in [2.75, 3.05) is 11.9 Å². The zero-order valence-corrected chi connectivity index (χ0v) is 12.0. The Bertz CT molecular complexity index is 705. The molecule has 3 aromatic rings. The standard InChI is InChI=1S/C15H16N6/c1-12-7-10-21(19-12)15-4-3-14(17-18-15)20(2)11-13-5-8-16-9-6-13/h3-10H,11H2,1-2H3. The largest absolute Gasteiger partial charge is 0.354 e. The van der Waals surface area contributed by atoms with Crippen LogP contribution in [-0.2, 0) is 6.54 Å². The van der Waals surface area contributed by atoms with Crippen LogP contribution in [0.25, 0.3) is 5.82 Å². The molecular weight excluding hydrogens is 264 g/mol. The summed E-state index contributed by atoms with van der Waals surface area (Å²) in [5.41, 5.74) is 2.14. The van der Waals surface area contributed by atoms with Gasteiger partial charge in [0, 0.05) is 32.2 Å². The molecule has 0 saturated carbocycles. The number of hydrogen-bond donors (Lipinski definition) is 0. The lowest BCUT2D eigenvalue weighted by Gasteiger charge is -2.17. The van der Waals surface area contributed by atoms with E-state index in [0.717, 1.165) is 18.1 Å². The molecule has 106 valence electrons. The summed E-state index contributed by atoms with van der Waals surface area (Å²) >= 11 is 0. The van der Waals surface area contributed by atoms with E-state index < -0.39 is 0 Å². The van der Waals surface area contributed by atoms with Gasteiger partial charge in [-0.3, -0.25) is 4.98 Å². The second-order valence-corrected chi connectivity index (χ2v) is 4.86. The predicted molar refractivity (Wildman–Crippen MR) is 80.2 cm³/mol. The minimum Gasteiger partial charge on any atom is -0.354 e. The first-order valence-electron chi connectivity index (χ1n) is 6.69. The number of rotatable bonds is 4. The molecule has 3 aromatic heterocycles. The maximum absolute atomic E-state index is 4.32. The van der Waals surface area contributed by atoms with Gasteiger partial charge in [-0.2, -0.15) is 5.10 Å². The molecule has 0 unspecified atom stereocenters. The van der Waals surface area contributed by atoms with Gasteiger partial charge in [-0.15, -0.1) is 10.2 Å². The zero-order valence-electron chi connectivity index (χ0n) is 12.0. The van der Waals surface area contributed by atoms with Crippen molar-refractivity contribution in [2.45, 2.75) is 13.5 Å². The molecule has 0 aliphatic heterocycles. The van der Waals surface area contributed by atoms with Crippen molar-refractivity contribution in [2.24, 2.45) is 0 Å². The third kappa shape index (κ3) is 3.05. The molecule has 0 atom stereocenters. The summed E-state index contributed by atoms with van der Waals surface area (Å²) in [5, 5.41) is 12.8. The van der Waals surface area contributed by atoms with Gasteiger partial charge in [0.05, 0.1) is 5.69 Å². The van der Waals surface area contributed by atoms with Crippen molar-refractivity contribution >= 4 is 5.82 Å². The smallest absolute Gasteiger partial charge is 0.175 e. The van der Waals surface area contributed by atoms with E-state index in [1.807, 2.05) is 55.4 Å². The fourth-order valence-electron chi connectivity index (χ4n) is 2.03. The summed E-state index contributed by atoms with van der Waals surface area (Å²) in [4.78, 5) is 6.06. The molecule has 0 aromatic carbocycles. The van der Waals surface area contributed by atoms with Crippen molar-refractivity contribution in [3.05, 3.63) is 60.2 Å². The molecule has 6 heteroatoms. The molecule has 21 heavy (non-hydrogen) atoms. The van der Waals surface area contributed by atoms with E-state index in [1.54, 1.807) is 17.1 Å². The highest BCUT2D eigenvalue weighted by molar-refractivity contribution is 5.39. The Morgan fingerprint density at radius 3 is 2.48 bits per heavy atom. The first kappa shape index (κ1) is 13.2. The highest BCUT2D eigenvalue weighted by Gasteiger charge is 2.06. The average molecular weight is 280 g/mol. The minimum atomic E-state index is 0.712. The molecule has 3 rings (SSSR count). The van der Waals surface area contributed by atoms with Crippen LogP contribution in [0.2, 0.25) is 0 Å². The van der Waals surface area contributed by atoms with Gasteiger partial charge < -0.3 is 4.90 Å². The van der Waals surface area contributed by atoms with Gasteiger partial charge in [0.2, 0.25) is 0 Å². The molecule has 0 fully saturated rings. The van der Waals surface area contributed by atoms with Crippen LogP contribution in [0.1, 0.15) is 11.3 Å². The molecule has 0 amide bonds. The van der Waals surface area contributed by atoms with Crippen LogP contribution in [-0.4, -0.2) is 32.0 Å². The summed E-state index contributed by atoms with van der Waals surface area (Å²) in [5.74, 6) is 1.53. The Morgan fingerprint density at radius 2 is 1.86 bits per heavy atom. The van der Waals surface area contributed by atoms with E-state index in [2.05, 4.69) is 20.3 Å². The third-order valence-corrected chi connectivity index (χ3v) is 3.15. The molecular formula is C15H16N6. The molecule has 0 saturated heterocycles. The maximum Gasteiger partial charge on any atom is 0.175 e.